The first-order valence-corrected chi connectivity index (χ1v) is 14.9. The van der Waals surface area contributed by atoms with Gasteiger partial charge >= 0.3 is 0 Å². The van der Waals surface area contributed by atoms with Crippen LogP contribution in [0.2, 0.25) is 0 Å². The molecule has 2 aliphatic heterocycles. The summed E-state index contributed by atoms with van der Waals surface area (Å²) in [5.74, 6) is -0.202. The number of amides is 1. The van der Waals surface area contributed by atoms with E-state index in [9.17, 15) is 4.79 Å². The van der Waals surface area contributed by atoms with Crippen molar-refractivity contribution in [2.24, 2.45) is 0 Å². The largest absolute Gasteiger partial charge is 0.378 e. The molecule has 1 amide bonds. The van der Waals surface area contributed by atoms with E-state index in [1.165, 1.54) is 12.8 Å². The highest BCUT2D eigenvalue weighted by molar-refractivity contribution is 7.80. The van der Waals surface area contributed by atoms with Crippen LogP contribution in [0.4, 0.5) is 17.1 Å². The van der Waals surface area contributed by atoms with Gasteiger partial charge in [0, 0.05) is 60.5 Å². The van der Waals surface area contributed by atoms with Crippen LogP contribution in [-0.2, 0) is 14.3 Å². The van der Waals surface area contributed by atoms with Gasteiger partial charge in [0.25, 0.3) is 0 Å². The van der Waals surface area contributed by atoms with E-state index in [-0.39, 0.29) is 24.6 Å². The fourth-order valence-electron chi connectivity index (χ4n) is 6.10. The predicted molar refractivity (Wildman–Crippen MR) is 173 cm³/mol. The van der Waals surface area contributed by atoms with E-state index in [0.717, 1.165) is 60.3 Å². The molecule has 4 aromatic rings. The molecule has 2 aliphatic rings. The van der Waals surface area contributed by atoms with Gasteiger partial charge < -0.3 is 34.5 Å². The van der Waals surface area contributed by atoms with Gasteiger partial charge in [-0.2, -0.15) is 0 Å². The highest BCUT2D eigenvalue weighted by Gasteiger charge is 2.42. The first-order valence-electron chi connectivity index (χ1n) is 14.5. The fourth-order valence-corrected chi connectivity index (χ4v) is 6.45. The summed E-state index contributed by atoms with van der Waals surface area (Å²) >= 11 is 5.95. The van der Waals surface area contributed by atoms with Crippen molar-refractivity contribution in [3.05, 3.63) is 102 Å². The molecular formula is C33H36N6O3S. The quantitative estimate of drug-likeness (QED) is 0.272. The molecule has 2 aromatic carbocycles. The molecule has 0 unspecified atom stereocenters. The maximum atomic E-state index is 12.0. The molecule has 6 rings (SSSR count). The summed E-state index contributed by atoms with van der Waals surface area (Å²) in [5, 5.41) is 7.03. The Morgan fingerprint density at radius 3 is 2.40 bits per heavy atom. The molecule has 9 nitrogen and oxygen atoms in total. The molecule has 222 valence electrons. The lowest BCUT2D eigenvalue weighted by molar-refractivity contribution is -0.119. The van der Waals surface area contributed by atoms with Gasteiger partial charge in [0.2, 0.25) is 5.91 Å². The highest BCUT2D eigenvalue weighted by Crippen LogP contribution is 2.44. The second-order valence-corrected chi connectivity index (χ2v) is 11.2. The normalized spacial score (nSPS) is 18.5. The molecule has 0 bridgehead atoms. The van der Waals surface area contributed by atoms with Gasteiger partial charge in [0.05, 0.1) is 31.0 Å². The van der Waals surface area contributed by atoms with Gasteiger partial charge in [-0.25, -0.2) is 0 Å². The Bertz CT molecular complexity index is 1580. The van der Waals surface area contributed by atoms with Crippen LogP contribution in [-0.4, -0.2) is 60.6 Å². The van der Waals surface area contributed by atoms with Gasteiger partial charge in [-0.3, -0.25) is 9.78 Å². The molecule has 2 fully saturated rings. The van der Waals surface area contributed by atoms with E-state index in [1.807, 2.05) is 48.7 Å². The van der Waals surface area contributed by atoms with Crippen molar-refractivity contribution in [3.8, 4) is 5.69 Å². The number of benzene rings is 2. The van der Waals surface area contributed by atoms with Crippen molar-refractivity contribution >= 4 is 40.3 Å². The second kappa shape index (κ2) is 12.5. The van der Waals surface area contributed by atoms with Crippen molar-refractivity contribution in [3.63, 3.8) is 0 Å². The fraction of sp³-hybridized carbons (Fsp3) is 0.303. The smallest absolute Gasteiger partial charge is 0.250 e. The van der Waals surface area contributed by atoms with E-state index in [4.69, 9.17) is 26.7 Å². The minimum absolute atomic E-state index is 0.00126. The number of hydrogen-bond acceptors (Lipinski definition) is 6. The zero-order valence-electron chi connectivity index (χ0n) is 24.6. The van der Waals surface area contributed by atoms with Crippen LogP contribution in [0.25, 0.3) is 5.69 Å². The molecule has 0 aliphatic carbocycles. The summed E-state index contributed by atoms with van der Waals surface area (Å²) in [5.41, 5.74) is 8.30. The average molecular weight is 597 g/mol. The van der Waals surface area contributed by atoms with Crippen LogP contribution in [0.1, 0.15) is 34.7 Å². The number of anilines is 3. The SMILES string of the molecule is COCC(=O)Nc1ccc(N2C(=S)N[C@H](c3ccccn3)[C@H]2c2cc(C)n(-c3ccc(N4CCOCC4)cc3)c2C)cc1. The van der Waals surface area contributed by atoms with Gasteiger partial charge in [0.15, 0.2) is 5.11 Å². The number of morpholine rings is 1. The second-order valence-electron chi connectivity index (χ2n) is 10.8. The monoisotopic (exact) mass is 596 g/mol. The van der Waals surface area contributed by atoms with Crippen molar-refractivity contribution in [2.45, 2.75) is 25.9 Å². The van der Waals surface area contributed by atoms with E-state index in [1.54, 1.807) is 0 Å². The maximum Gasteiger partial charge on any atom is 0.250 e. The highest BCUT2D eigenvalue weighted by atomic mass is 32.1. The molecule has 43 heavy (non-hydrogen) atoms. The number of hydrogen-bond donors (Lipinski definition) is 2. The number of carbonyl (C=O) groups is 1. The number of nitrogens with zero attached hydrogens (tertiary/aromatic N) is 4. The molecule has 2 saturated heterocycles. The summed E-state index contributed by atoms with van der Waals surface area (Å²) in [7, 11) is 1.50. The van der Waals surface area contributed by atoms with Gasteiger partial charge in [0.1, 0.15) is 6.61 Å². The van der Waals surface area contributed by atoms with Crippen LogP contribution in [0.15, 0.2) is 79.0 Å². The number of aryl methyl sites for hydroxylation is 1. The van der Waals surface area contributed by atoms with Crippen molar-refractivity contribution in [2.75, 3.05) is 55.1 Å². The minimum atomic E-state index is -0.202. The molecule has 0 radical (unpaired) electrons. The van der Waals surface area contributed by atoms with Crippen molar-refractivity contribution < 1.29 is 14.3 Å². The Morgan fingerprint density at radius 1 is 1.02 bits per heavy atom. The number of aromatic nitrogens is 2. The third kappa shape index (κ3) is 5.86. The Morgan fingerprint density at radius 2 is 1.72 bits per heavy atom. The Kier molecular flexibility index (Phi) is 8.42. The Hall–Kier alpha value is -4.25. The Labute approximate surface area is 257 Å². The lowest BCUT2D eigenvalue weighted by Crippen LogP contribution is -2.36. The van der Waals surface area contributed by atoms with Gasteiger partial charge in [-0.1, -0.05) is 6.07 Å². The Balaban J connectivity index is 1.36. The number of rotatable bonds is 8. The van der Waals surface area contributed by atoms with Crippen LogP contribution in [0.5, 0.6) is 0 Å². The number of carbonyl (C=O) groups excluding carboxylic acids is 1. The molecule has 0 spiro atoms. The first-order chi connectivity index (χ1) is 20.9. The molecule has 2 atom stereocenters. The molecule has 0 saturated carbocycles. The number of methoxy groups -OCH3 is 1. The zero-order valence-corrected chi connectivity index (χ0v) is 25.4. The predicted octanol–water partition coefficient (Wildman–Crippen LogP) is 5.09. The number of thiocarbonyl (C=S) groups is 1. The number of nitrogens with one attached hydrogen (secondary N) is 2. The van der Waals surface area contributed by atoms with Crippen LogP contribution >= 0.6 is 12.2 Å². The molecule has 2 aromatic heterocycles. The average Bonchev–Trinajstić information content (AvgIpc) is 3.53. The maximum absolute atomic E-state index is 12.0. The molecule has 4 heterocycles. The lowest BCUT2D eigenvalue weighted by atomic mass is 9.96. The van der Waals surface area contributed by atoms with Gasteiger partial charge in [-0.15, -0.1) is 0 Å². The summed E-state index contributed by atoms with van der Waals surface area (Å²) in [6.45, 7) is 7.65. The van der Waals surface area contributed by atoms with E-state index >= 15 is 0 Å². The van der Waals surface area contributed by atoms with Crippen molar-refractivity contribution in [1.29, 1.82) is 0 Å². The van der Waals surface area contributed by atoms with E-state index < -0.39 is 0 Å². The summed E-state index contributed by atoms with van der Waals surface area (Å²) in [6.07, 6.45) is 1.82. The topological polar surface area (TPSA) is 83.9 Å². The molecular weight excluding hydrogens is 560 g/mol. The summed E-state index contributed by atoms with van der Waals surface area (Å²) < 4.78 is 12.8. The number of ether oxygens (including phenoxy) is 2. The molecule has 2 N–H and O–H groups in total. The zero-order chi connectivity index (χ0) is 29.9. The number of pyridine rings is 1. The third-order valence-corrected chi connectivity index (χ3v) is 8.39. The van der Waals surface area contributed by atoms with E-state index in [2.05, 4.69) is 69.2 Å². The first kappa shape index (κ1) is 28.9. The standard InChI is InChI=1S/C33H36N6O3S/c1-22-20-28(23(2)38(22)26-13-11-25(12-14-26)37-16-18-42-19-17-37)32-31(29-6-4-5-15-34-29)36-33(43)39(32)27-9-7-24(8-10-27)35-30(40)21-41-3/h4-15,20,31-32H,16-19,21H2,1-3H3,(H,35,40)(H,36,43)/t31-,32-/m1/s1. The van der Waals surface area contributed by atoms with Crippen LogP contribution in [0.3, 0.4) is 0 Å². The summed E-state index contributed by atoms with van der Waals surface area (Å²) in [4.78, 5) is 21.3. The molecule has 10 heteroatoms. The lowest BCUT2D eigenvalue weighted by Gasteiger charge is -2.29. The summed E-state index contributed by atoms with van der Waals surface area (Å²) in [6, 6.07) is 24.4. The van der Waals surface area contributed by atoms with Crippen molar-refractivity contribution in [1.82, 2.24) is 14.9 Å². The van der Waals surface area contributed by atoms with Crippen LogP contribution < -0.4 is 20.4 Å². The van der Waals surface area contributed by atoms with Gasteiger partial charge in [-0.05, 0) is 98.4 Å². The van der Waals surface area contributed by atoms with Crippen LogP contribution in [0, 0.1) is 13.8 Å². The minimum Gasteiger partial charge on any atom is -0.378 e. The third-order valence-electron chi connectivity index (χ3n) is 8.08. The van der Waals surface area contributed by atoms with E-state index in [0.29, 0.717) is 10.8 Å².